The molecule has 0 aliphatic heterocycles. The molecule has 0 radical (unpaired) electrons. The summed E-state index contributed by atoms with van der Waals surface area (Å²) in [5, 5.41) is 7.44. The second kappa shape index (κ2) is 8.01. The lowest BCUT2D eigenvalue weighted by Crippen LogP contribution is -1.93. The van der Waals surface area contributed by atoms with Crippen LogP contribution in [0.15, 0.2) is 130 Å². The highest BCUT2D eigenvalue weighted by Gasteiger charge is 2.17. The van der Waals surface area contributed by atoms with Crippen LogP contribution in [0, 0.1) is 0 Å². The van der Waals surface area contributed by atoms with E-state index in [1.165, 1.54) is 0 Å². The van der Waals surface area contributed by atoms with Gasteiger partial charge in [0.05, 0.1) is 11.0 Å². The van der Waals surface area contributed by atoms with Crippen molar-refractivity contribution in [1.82, 2.24) is 4.57 Å². The van der Waals surface area contributed by atoms with Crippen LogP contribution >= 0.6 is 11.6 Å². The number of hydrogen-bond donors (Lipinski definition) is 0. The largest absolute Gasteiger partial charge is 0.456 e. The molecule has 9 rings (SSSR count). The molecular formula is C36H20ClNO2. The molecule has 0 amide bonds. The summed E-state index contributed by atoms with van der Waals surface area (Å²) >= 11 is 6.54. The van der Waals surface area contributed by atoms with Gasteiger partial charge in [0.2, 0.25) is 0 Å². The van der Waals surface area contributed by atoms with Gasteiger partial charge in [0.15, 0.2) is 0 Å². The first-order valence-corrected chi connectivity index (χ1v) is 13.7. The molecule has 0 fully saturated rings. The second-order valence-corrected chi connectivity index (χ2v) is 10.7. The third-order valence-electron chi connectivity index (χ3n) is 8.06. The number of furan rings is 2. The van der Waals surface area contributed by atoms with Gasteiger partial charge in [0.25, 0.3) is 0 Å². The summed E-state index contributed by atoms with van der Waals surface area (Å²) in [6.07, 6.45) is 0. The Morgan fingerprint density at radius 2 is 1.15 bits per heavy atom. The number of aromatic nitrogens is 1. The van der Waals surface area contributed by atoms with Crippen molar-refractivity contribution in [3.8, 4) is 16.8 Å². The number of benzene rings is 6. The molecule has 0 spiro atoms. The molecule has 0 aliphatic carbocycles. The minimum Gasteiger partial charge on any atom is -0.456 e. The number of halogens is 1. The van der Waals surface area contributed by atoms with E-state index in [2.05, 4.69) is 89.5 Å². The van der Waals surface area contributed by atoms with Crippen molar-refractivity contribution >= 4 is 77.3 Å². The molecule has 9 aromatic rings. The van der Waals surface area contributed by atoms with Crippen molar-refractivity contribution in [3.05, 3.63) is 126 Å². The third kappa shape index (κ3) is 3.01. The monoisotopic (exact) mass is 533 g/mol. The van der Waals surface area contributed by atoms with E-state index in [1.807, 2.05) is 36.4 Å². The maximum atomic E-state index is 6.54. The fraction of sp³-hybridized carbons (Fsp3) is 0. The van der Waals surface area contributed by atoms with E-state index in [9.17, 15) is 0 Å². The van der Waals surface area contributed by atoms with E-state index in [-0.39, 0.29) is 0 Å². The van der Waals surface area contributed by atoms with Crippen LogP contribution in [0.4, 0.5) is 0 Å². The predicted octanol–water partition coefficient (Wildman–Crippen LogP) is 10.9. The first-order chi connectivity index (χ1) is 19.7. The van der Waals surface area contributed by atoms with Crippen LogP contribution in [0.25, 0.3) is 82.5 Å². The van der Waals surface area contributed by atoms with Gasteiger partial charge >= 0.3 is 0 Å². The maximum absolute atomic E-state index is 6.54. The van der Waals surface area contributed by atoms with E-state index in [4.69, 9.17) is 20.4 Å². The van der Waals surface area contributed by atoms with Gasteiger partial charge in [0, 0.05) is 54.7 Å². The Morgan fingerprint density at radius 3 is 2.00 bits per heavy atom. The van der Waals surface area contributed by atoms with Gasteiger partial charge in [-0.05, 0) is 60.2 Å². The van der Waals surface area contributed by atoms with Crippen LogP contribution in [0.2, 0.25) is 5.02 Å². The summed E-state index contributed by atoms with van der Waals surface area (Å²) in [5.41, 5.74) is 8.98. The van der Waals surface area contributed by atoms with Crippen molar-refractivity contribution < 1.29 is 8.83 Å². The van der Waals surface area contributed by atoms with Crippen LogP contribution in [-0.2, 0) is 0 Å². The molecule has 0 aliphatic rings. The average molecular weight is 534 g/mol. The van der Waals surface area contributed by atoms with Crippen molar-refractivity contribution in [2.75, 3.05) is 0 Å². The van der Waals surface area contributed by atoms with Crippen LogP contribution in [0.1, 0.15) is 0 Å². The van der Waals surface area contributed by atoms with Crippen molar-refractivity contribution in [2.24, 2.45) is 0 Å². The first-order valence-electron chi connectivity index (χ1n) is 13.3. The Morgan fingerprint density at radius 1 is 0.475 bits per heavy atom. The molecule has 3 nitrogen and oxygen atoms in total. The molecule has 0 unspecified atom stereocenters. The van der Waals surface area contributed by atoms with Gasteiger partial charge in [0.1, 0.15) is 22.3 Å². The lowest BCUT2D eigenvalue weighted by atomic mass is 10.0. The summed E-state index contributed by atoms with van der Waals surface area (Å²) < 4.78 is 14.9. The summed E-state index contributed by atoms with van der Waals surface area (Å²) in [6, 6.07) is 41.9. The average Bonchev–Trinajstić information content (AvgIpc) is 3.65. The van der Waals surface area contributed by atoms with Gasteiger partial charge in [-0.25, -0.2) is 0 Å². The van der Waals surface area contributed by atoms with E-state index in [0.717, 1.165) is 82.5 Å². The molecule has 0 saturated heterocycles. The highest BCUT2D eigenvalue weighted by atomic mass is 35.5. The van der Waals surface area contributed by atoms with Gasteiger partial charge in [-0.1, -0.05) is 72.3 Å². The second-order valence-electron chi connectivity index (χ2n) is 10.3. The number of hydrogen-bond acceptors (Lipinski definition) is 2. The number of nitrogens with zero attached hydrogens (tertiary/aromatic N) is 1. The summed E-state index contributed by atoms with van der Waals surface area (Å²) in [5.74, 6) is 0. The minimum atomic E-state index is 0.712. The Balaban J connectivity index is 1.31. The smallest absolute Gasteiger partial charge is 0.143 e. The molecule has 0 N–H and O–H groups in total. The first kappa shape index (κ1) is 21.9. The number of fused-ring (bicyclic) bond motifs is 9. The minimum absolute atomic E-state index is 0.712. The highest BCUT2D eigenvalue weighted by Crippen LogP contribution is 2.40. The Labute approximate surface area is 233 Å². The molecule has 0 bridgehead atoms. The zero-order valence-electron chi connectivity index (χ0n) is 21.2. The Hall–Kier alpha value is -4.99. The van der Waals surface area contributed by atoms with Gasteiger partial charge in [-0.3, -0.25) is 0 Å². The summed E-state index contributed by atoms with van der Waals surface area (Å²) in [6.45, 7) is 0. The van der Waals surface area contributed by atoms with Crippen LogP contribution in [0.5, 0.6) is 0 Å². The van der Waals surface area contributed by atoms with E-state index < -0.39 is 0 Å². The van der Waals surface area contributed by atoms with Crippen molar-refractivity contribution in [1.29, 1.82) is 0 Å². The zero-order chi connectivity index (χ0) is 26.4. The van der Waals surface area contributed by atoms with Gasteiger partial charge in [-0.15, -0.1) is 0 Å². The SMILES string of the molecule is Clc1ccc2c(c1)c1cc(-c3cccc4c3oc3ccccc34)ccc1n2-c1ccc2c(c1)oc1ccccc12. The number of rotatable bonds is 2. The topological polar surface area (TPSA) is 31.2 Å². The van der Waals surface area contributed by atoms with Crippen molar-refractivity contribution in [2.45, 2.75) is 0 Å². The summed E-state index contributed by atoms with van der Waals surface area (Å²) in [4.78, 5) is 0. The lowest BCUT2D eigenvalue weighted by Gasteiger charge is -2.09. The molecule has 4 heteroatoms. The number of para-hydroxylation sites is 3. The van der Waals surface area contributed by atoms with E-state index in [0.29, 0.717) is 5.02 Å². The summed E-state index contributed by atoms with van der Waals surface area (Å²) in [7, 11) is 0. The molecule has 188 valence electrons. The quantitative estimate of drug-likeness (QED) is 0.221. The molecule has 0 saturated carbocycles. The van der Waals surface area contributed by atoms with Crippen molar-refractivity contribution in [3.63, 3.8) is 0 Å². The van der Waals surface area contributed by atoms with E-state index in [1.54, 1.807) is 0 Å². The zero-order valence-corrected chi connectivity index (χ0v) is 21.9. The van der Waals surface area contributed by atoms with Gasteiger partial charge < -0.3 is 13.4 Å². The lowest BCUT2D eigenvalue weighted by molar-refractivity contribution is 0.668. The molecule has 3 aromatic heterocycles. The van der Waals surface area contributed by atoms with Gasteiger partial charge in [-0.2, -0.15) is 0 Å². The molecule has 6 aromatic carbocycles. The normalized spacial score (nSPS) is 12.1. The molecule has 3 heterocycles. The fourth-order valence-corrected chi connectivity index (χ4v) is 6.44. The fourth-order valence-electron chi connectivity index (χ4n) is 6.27. The Bertz CT molecular complexity index is 2460. The van der Waals surface area contributed by atoms with Crippen LogP contribution in [-0.4, -0.2) is 4.57 Å². The van der Waals surface area contributed by atoms with Crippen LogP contribution in [0.3, 0.4) is 0 Å². The maximum Gasteiger partial charge on any atom is 0.143 e. The Kier molecular flexibility index (Phi) is 4.38. The molecular weight excluding hydrogens is 514 g/mol. The van der Waals surface area contributed by atoms with Crippen LogP contribution < -0.4 is 0 Å². The predicted molar refractivity (Wildman–Crippen MR) is 166 cm³/mol. The molecule has 0 atom stereocenters. The third-order valence-corrected chi connectivity index (χ3v) is 8.30. The standard InChI is InChI=1S/C36H20ClNO2/c37-22-13-17-32-30(19-22)29-18-21(24-8-5-9-28-26-7-2-4-11-34(26)40-36(24)28)12-16-31(29)38(32)23-14-15-27-25-6-1-3-10-33(25)39-35(27)20-23/h1-20H. The van der Waals surface area contributed by atoms with E-state index >= 15 is 0 Å². The highest BCUT2D eigenvalue weighted by molar-refractivity contribution is 6.32. The molecule has 40 heavy (non-hydrogen) atoms.